The van der Waals surface area contributed by atoms with Crippen LogP contribution in [-0.4, -0.2) is 73.1 Å². The molecule has 2 N–H and O–H groups in total. The van der Waals surface area contributed by atoms with Crippen LogP contribution in [0.2, 0.25) is 0 Å². The van der Waals surface area contributed by atoms with Crippen molar-refractivity contribution in [2.24, 2.45) is 16.8 Å². The number of hydrogen-bond donors (Lipinski definition) is 2. The molecule has 4 rings (SSSR count). The molecule has 0 amide bonds. The topological polar surface area (TPSA) is 55.8 Å². The SMILES string of the molecule is CCc1nc(CN2CCC(CNC(=NC)NC3CCN(CC4CCCC4)C3)CC2)cs1.I. The van der Waals surface area contributed by atoms with E-state index < -0.39 is 0 Å². The molecular formula is C24H43IN6S. The number of piperidine rings is 1. The zero-order valence-corrected chi connectivity index (χ0v) is 23.2. The number of aryl methyl sites for hydroxylation is 1. The summed E-state index contributed by atoms with van der Waals surface area (Å²) in [6, 6.07) is 0.542. The molecule has 0 spiro atoms. The van der Waals surface area contributed by atoms with Gasteiger partial charge in [-0.2, -0.15) is 0 Å². The van der Waals surface area contributed by atoms with Gasteiger partial charge in [0.25, 0.3) is 0 Å². The maximum absolute atomic E-state index is 4.73. The molecule has 32 heavy (non-hydrogen) atoms. The lowest BCUT2D eigenvalue weighted by Gasteiger charge is -2.32. The fourth-order valence-electron chi connectivity index (χ4n) is 5.47. The van der Waals surface area contributed by atoms with Gasteiger partial charge in [0.2, 0.25) is 0 Å². The van der Waals surface area contributed by atoms with Crippen LogP contribution in [0.1, 0.15) is 62.6 Å². The second kappa shape index (κ2) is 13.4. The van der Waals surface area contributed by atoms with E-state index in [1.807, 2.05) is 7.05 Å². The van der Waals surface area contributed by atoms with Crippen LogP contribution in [0, 0.1) is 11.8 Å². The van der Waals surface area contributed by atoms with Crippen molar-refractivity contribution in [1.29, 1.82) is 0 Å². The molecule has 0 aromatic carbocycles. The summed E-state index contributed by atoms with van der Waals surface area (Å²) in [5, 5.41) is 10.8. The molecule has 8 heteroatoms. The van der Waals surface area contributed by atoms with E-state index in [-0.39, 0.29) is 24.0 Å². The highest BCUT2D eigenvalue weighted by Crippen LogP contribution is 2.26. The minimum Gasteiger partial charge on any atom is -0.356 e. The molecule has 1 aliphatic carbocycles. The predicted molar refractivity (Wildman–Crippen MR) is 146 cm³/mol. The molecule has 3 fully saturated rings. The van der Waals surface area contributed by atoms with Crippen molar-refractivity contribution < 1.29 is 0 Å². The number of aromatic nitrogens is 1. The quantitative estimate of drug-likeness (QED) is 0.280. The van der Waals surface area contributed by atoms with Crippen LogP contribution in [0.3, 0.4) is 0 Å². The van der Waals surface area contributed by atoms with Crippen LogP contribution in [0.5, 0.6) is 0 Å². The number of likely N-dealkylation sites (tertiary alicyclic amines) is 2. The predicted octanol–water partition coefficient (Wildman–Crippen LogP) is 3.97. The van der Waals surface area contributed by atoms with E-state index in [2.05, 4.69) is 37.7 Å². The molecule has 1 saturated carbocycles. The Morgan fingerprint density at radius 1 is 1.09 bits per heavy atom. The molecule has 6 nitrogen and oxygen atoms in total. The summed E-state index contributed by atoms with van der Waals surface area (Å²) < 4.78 is 0. The zero-order valence-electron chi connectivity index (χ0n) is 20.0. The Balaban J connectivity index is 0.00000289. The van der Waals surface area contributed by atoms with E-state index in [1.54, 1.807) is 11.3 Å². The molecule has 1 aromatic rings. The van der Waals surface area contributed by atoms with Gasteiger partial charge >= 0.3 is 0 Å². The third-order valence-corrected chi connectivity index (χ3v) is 8.42. The van der Waals surface area contributed by atoms with Crippen molar-refractivity contribution in [3.05, 3.63) is 16.1 Å². The lowest BCUT2D eigenvalue weighted by molar-refractivity contribution is 0.176. The molecule has 1 atom stereocenters. The van der Waals surface area contributed by atoms with Gasteiger partial charge in [0.15, 0.2) is 5.96 Å². The molecule has 182 valence electrons. The van der Waals surface area contributed by atoms with Gasteiger partial charge in [-0.3, -0.25) is 9.89 Å². The van der Waals surface area contributed by atoms with Gasteiger partial charge in [-0.1, -0.05) is 19.8 Å². The maximum Gasteiger partial charge on any atom is 0.191 e. The average Bonchev–Trinajstić information content (AvgIpc) is 3.55. The van der Waals surface area contributed by atoms with Crippen LogP contribution in [-0.2, 0) is 13.0 Å². The number of guanidine groups is 1. The Morgan fingerprint density at radius 3 is 2.53 bits per heavy atom. The van der Waals surface area contributed by atoms with E-state index in [0.29, 0.717) is 6.04 Å². The van der Waals surface area contributed by atoms with Crippen molar-refractivity contribution in [3.8, 4) is 0 Å². The normalized spacial score (nSPS) is 24.1. The Labute approximate surface area is 216 Å². The van der Waals surface area contributed by atoms with E-state index in [1.165, 1.54) is 88.4 Å². The first-order chi connectivity index (χ1) is 15.2. The summed E-state index contributed by atoms with van der Waals surface area (Å²) >= 11 is 1.80. The van der Waals surface area contributed by atoms with Gasteiger partial charge in [-0.25, -0.2) is 4.98 Å². The molecule has 3 aliphatic rings. The average molecular weight is 575 g/mol. The van der Waals surface area contributed by atoms with E-state index in [9.17, 15) is 0 Å². The third kappa shape index (κ3) is 7.81. The lowest BCUT2D eigenvalue weighted by Crippen LogP contribution is -2.47. The van der Waals surface area contributed by atoms with Crippen LogP contribution in [0.4, 0.5) is 0 Å². The summed E-state index contributed by atoms with van der Waals surface area (Å²) in [4.78, 5) is 14.5. The minimum atomic E-state index is 0. The largest absolute Gasteiger partial charge is 0.356 e. The van der Waals surface area contributed by atoms with E-state index in [4.69, 9.17) is 4.98 Å². The van der Waals surface area contributed by atoms with E-state index in [0.717, 1.165) is 37.3 Å². The molecule has 2 saturated heterocycles. The van der Waals surface area contributed by atoms with Gasteiger partial charge in [0, 0.05) is 51.2 Å². The minimum absolute atomic E-state index is 0. The second-order valence-electron chi connectivity index (χ2n) is 9.80. The first kappa shape index (κ1) is 26.2. The summed E-state index contributed by atoms with van der Waals surface area (Å²) in [7, 11) is 1.90. The highest BCUT2D eigenvalue weighted by Gasteiger charge is 2.27. The van der Waals surface area contributed by atoms with Crippen LogP contribution < -0.4 is 10.6 Å². The maximum atomic E-state index is 4.73. The summed E-state index contributed by atoms with van der Waals surface area (Å²) in [5.41, 5.74) is 1.25. The van der Waals surface area contributed by atoms with Crippen molar-refractivity contribution in [2.75, 3.05) is 46.3 Å². The number of halogens is 1. The van der Waals surface area contributed by atoms with Crippen LogP contribution in [0.25, 0.3) is 0 Å². The number of aliphatic imine (C=N–C) groups is 1. The number of thiazole rings is 1. The van der Waals surface area contributed by atoms with Gasteiger partial charge in [0.1, 0.15) is 0 Å². The molecule has 0 radical (unpaired) electrons. The zero-order chi connectivity index (χ0) is 21.5. The molecule has 0 bridgehead atoms. The number of nitrogens with zero attached hydrogens (tertiary/aromatic N) is 4. The van der Waals surface area contributed by atoms with Gasteiger partial charge in [-0.15, -0.1) is 35.3 Å². The molecule has 2 aliphatic heterocycles. The smallest absolute Gasteiger partial charge is 0.191 e. The van der Waals surface area contributed by atoms with Crippen molar-refractivity contribution in [2.45, 2.75) is 70.9 Å². The highest BCUT2D eigenvalue weighted by atomic mass is 127. The van der Waals surface area contributed by atoms with Crippen LogP contribution in [0.15, 0.2) is 10.4 Å². The summed E-state index contributed by atoms with van der Waals surface area (Å²) in [6.07, 6.45) is 10.6. The van der Waals surface area contributed by atoms with Crippen LogP contribution >= 0.6 is 35.3 Å². The van der Waals surface area contributed by atoms with Gasteiger partial charge in [-0.05, 0) is 63.5 Å². The fraction of sp³-hybridized carbons (Fsp3) is 0.833. The fourth-order valence-corrected chi connectivity index (χ4v) is 6.20. The number of rotatable bonds is 8. The monoisotopic (exact) mass is 574 g/mol. The molecule has 1 aromatic heterocycles. The standard InChI is InChI=1S/C24H42N6S.HI/c1-3-23-27-22(18-31-23)17-29-11-8-19(9-12-29)14-26-24(25-2)28-21-10-13-30(16-21)15-20-6-4-5-7-20;/h18-21H,3-17H2,1-2H3,(H2,25,26,28);1H. The second-order valence-corrected chi connectivity index (χ2v) is 10.7. The summed E-state index contributed by atoms with van der Waals surface area (Å²) in [5.74, 6) is 2.68. The van der Waals surface area contributed by atoms with Crippen molar-refractivity contribution in [1.82, 2.24) is 25.4 Å². The summed E-state index contributed by atoms with van der Waals surface area (Å²) in [6.45, 7) is 10.3. The van der Waals surface area contributed by atoms with Gasteiger partial charge < -0.3 is 15.5 Å². The number of nitrogens with one attached hydrogen (secondary N) is 2. The van der Waals surface area contributed by atoms with E-state index >= 15 is 0 Å². The molecule has 3 heterocycles. The molecular weight excluding hydrogens is 531 g/mol. The Kier molecular flexibility index (Phi) is 11.0. The lowest BCUT2D eigenvalue weighted by atomic mass is 9.97. The molecule has 1 unspecified atom stereocenters. The van der Waals surface area contributed by atoms with Crippen molar-refractivity contribution >= 4 is 41.3 Å². The number of hydrogen-bond acceptors (Lipinski definition) is 5. The Morgan fingerprint density at radius 2 is 1.84 bits per heavy atom. The Hall–Kier alpha value is -0.450. The van der Waals surface area contributed by atoms with Crippen molar-refractivity contribution in [3.63, 3.8) is 0 Å². The Bertz CT molecular complexity index is 696. The first-order valence-electron chi connectivity index (χ1n) is 12.6. The third-order valence-electron chi connectivity index (χ3n) is 7.38. The first-order valence-corrected chi connectivity index (χ1v) is 13.4. The highest BCUT2D eigenvalue weighted by molar-refractivity contribution is 14.0. The van der Waals surface area contributed by atoms with Gasteiger partial charge in [0.05, 0.1) is 10.7 Å².